The minimum atomic E-state index is -0.620. The van der Waals surface area contributed by atoms with Gasteiger partial charge in [-0.3, -0.25) is 0 Å². The first-order valence-corrected chi connectivity index (χ1v) is 7.03. The van der Waals surface area contributed by atoms with Gasteiger partial charge in [0, 0.05) is 18.8 Å². The number of benzene rings is 1. The van der Waals surface area contributed by atoms with Crippen molar-refractivity contribution in [3.63, 3.8) is 0 Å². The molecule has 0 aromatic heterocycles. The summed E-state index contributed by atoms with van der Waals surface area (Å²) < 4.78 is 14.0. The van der Waals surface area contributed by atoms with Crippen LogP contribution in [0.3, 0.4) is 0 Å². The van der Waals surface area contributed by atoms with Gasteiger partial charge in [0.2, 0.25) is 0 Å². The summed E-state index contributed by atoms with van der Waals surface area (Å²) in [6, 6.07) is 5.41. The Morgan fingerprint density at radius 2 is 2.29 bits per heavy atom. The Hall–Kier alpha value is -0.740. The lowest BCUT2D eigenvalue weighted by Crippen LogP contribution is -2.31. The summed E-state index contributed by atoms with van der Waals surface area (Å²) in [5, 5.41) is 9.41. The maximum Gasteiger partial charge on any atom is 0.146 e. The van der Waals surface area contributed by atoms with Crippen LogP contribution in [0, 0.1) is 5.82 Å². The van der Waals surface area contributed by atoms with E-state index in [2.05, 4.69) is 0 Å². The molecule has 0 radical (unpaired) electrons. The lowest BCUT2D eigenvalue weighted by Gasteiger charge is -2.26. The first-order chi connectivity index (χ1) is 8.09. The number of aliphatic hydroxyl groups excluding tert-OH is 1. The van der Waals surface area contributed by atoms with Crippen molar-refractivity contribution in [2.45, 2.75) is 25.5 Å². The van der Waals surface area contributed by atoms with Crippen molar-refractivity contribution < 1.29 is 9.50 Å². The predicted molar refractivity (Wildman–Crippen MR) is 71.2 cm³/mol. The van der Waals surface area contributed by atoms with Crippen LogP contribution >= 0.6 is 11.8 Å². The van der Waals surface area contributed by atoms with Gasteiger partial charge in [-0.15, -0.1) is 0 Å². The van der Waals surface area contributed by atoms with Gasteiger partial charge in [0.15, 0.2) is 0 Å². The van der Waals surface area contributed by atoms with E-state index in [0.717, 1.165) is 17.9 Å². The summed E-state index contributed by atoms with van der Waals surface area (Å²) in [5.41, 5.74) is 1.25. The highest BCUT2D eigenvalue weighted by atomic mass is 32.2. The highest BCUT2D eigenvalue weighted by molar-refractivity contribution is 7.99. The number of hydrogen-bond acceptors (Lipinski definition) is 3. The minimum Gasteiger partial charge on any atom is -0.389 e. The second-order valence-electron chi connectivity index (χ2n) is 4.52. The normalized spacial score (nSPS) is 21.5. The molecule has 0 aliphatic carbocycles. The van der Waals surface area contributed by atoms with Crippen LogP contribution in [0.25, 0.3) is 0 Å². The summed E-state index contributed by atoms with van der Waals surface area (Å²) in [6.07, 6.45) is 0.490. The average Bonchev–Trinajstić information content (AvgIpc) is 2.81. The van der Waals surface area contributed by atoms with Gasteiger partial charge in [0.1, 0.15) is 5.82 Å². The molecule has 1 aliphatic heterocycles. The number of hydrogen-bond donors (Lipinski definition) is 1. The summed E-state index contributed by atoms with van der Waals surface area (Å²) in [6.45, 7) is 1.64. The van der Waals surface area contributed by atoms with Gasteiger partial charge in [-0.1, -0.05) is 6.07 Å². The Morgan fingerprint density at radius 1 is 1.53 bits per heavy atom. The van der Waals surface area contributed by atoms with Crippen molar-refractivity contribution in [2.75, 3.05) is 23.5 Å². The topological polar surface area (TPSA) is 23.5 Å². The second-order valence-corrected chi connectivity index (χ2v) is 5.66. The molecule has 0 spiro atoms. The number of nitrogens with zero attached hydrogens (tertiary/aromatic N) is 1. The molecule has 0 saturated carbocycles. The molecule has 2 atom stereocenters. The molecule has 1 heterocycles. The van der Waals surface area contributed by atoms with Gasteiger partial charge in [0.05, 0.1) is 11.8 Å². The van der Waals surface area contributed by atoms with Crippen molar-refractivity contribution in [3.8, 4) is 0 Å². The zero-order valence-electron chi connectivity index (χ0n) is 10.2. The molecule has 1 aromatic rings. The first-order valence-electron chi connectivity index (χ1n) is 5.87. The highest BCUT2D eigenvalue weighted by Crippen LogP contribution is 2.29. The molecule has 17 heavy (non-hydrogen) atoms. The van der Waals surface area contributed by atoms with Crippen LogP contribution in [-0.2, 0) is 0 Å². The molecule has 1 fully saturated rings. The first kappa shape index (κ1) is 12.7. The fourth-order valence-corrected chi connectivity index (χ4v) is 3.36. The Labute approximate surface area is 106 Å². The van der Waals surface area contributed by atoms with Gasteiger partial charge < -0.3 is 10.0 Å². The molecule has 0 bridgehead atoms. The van der Waals surface area contributed by atoms with Crippen molar-refractivity contribution in [3.05, 3.63) is 29.6 Å². The van der Waals surface area contributed by atoms with E-state index in [4.69, 9.17) is 0 Å². The van der Waals surface area contributed by atoms with E-state index >= 15 is 0 Å². The average molecular weight is 255 g/mol. The number of thioether (sulfide) groups is 1. The fourth-order valence-electron chi connectivity index (χ4n) is 2.09. The summed E-state index contributed by atoms with van der Waals surface area (Å²) in [7, 11) is 1.94. The standard InChI is InChI=1S/C13H18FNOS/c1-9(16)10-3-4-13(12(14)7-10)15(2)11-5-6-17-8-11/h3-4,7,9,11,16H,5-6,8H2,1-2H3/t9-,11?/m0/s1. The smallest absolute Gasteiger partial charge is 0.146 e. The maximum absolute atomic E-state index is 14.0. The second kappa shape index (κ2) is 5.27. The zero-order chi connectivity index (χ0) is 12.4. The third-order valence-electron chi connectivity index (χ3n) is 3.29. The molecule has 1 aromatic carbocycles. The largest absolute Gasteiger partial charge is 0.389 e. The molecule has 0 amide bonds. The van der Waals surface area contributed by atoms with Gasteiger partial charge in [-0.25, -0.2) is 4.39 Å². The third-order valence-corrected chi connectivity index (χ3v) is 4.43. The van der Waals surface area contributed by atoms with E-state index in [-0.39, 0.29) is 5.82 Å². The van der Waals surface area contributed by atoms with Crippen LogP contribution in [-0.4, -0.2) is 29.7 Å². The molecule has 1 unspecified atom stereocenters. The number of rotatable bonds is 3. The monoisotopic (exact) mass is 255 g/mol. The van der Waals surface area contributed by atoms with Gasteiger partial charge in [-0.2, -0.15) is 11.8 Å². The van der Waals surface area contributed by atoms with Gasteiger partial charge in [0.25, 0.3) is 0 Å². The van der Waals surface area contributed by atoms with E-state index in [1.54, 1.807) is 19.1 Å². The van der Waals surface area contributed by atoms with Gasteiger partial charge >= 0.3 is 0 Å². The summed E-state index contributed by atoms with van der Waals surface area (Å²) >= 11 is 1.91. The van der Waals surface area contributed by atoms with Crippen molar-refractivity contribution in [1.29, 1.82) is 0 Å². The SMILES string of the molecule is C[C@H](O)c1ccc(N(C)C2CCSC2)c(F)c1. The van der Waals surface area contributed by atoms with Crippen LogP contribution in [0.4, 0.5) is 10.1 Å². The van der Waals surface area contributed by atoms with Crippen LogP contribution in [0.2, 0.25) is 0 Å². The lowest BCUT2D eigenvalue weighted by molar-refractivity contribution is 0.199. The third kappa shape index (κ3) is 2.75. The Bertz CT molecular complexity index is 391. The Balaban J connectivity index is 2.20. The van der Waals surface area contributed by atoms with E-state index < -0.39 is 6.10 Å². The molecule has 2 rings (SSSR count). The molecule has 2 nitrogen and oxygen atoms in total. The lowest BCUT2D eigenvalue weighted by atomic mass is 10.1. The fraction of sp³-hybridized carbons (Fsp3) is 0.538. The van der Waals surface area contributed by atoms with E-state index in [9.17, 15) is 9.50 Å². The number of aliphatic hydroxyl groups is 1. The molecule has 1 N–H and O–H groups in total. The minimum absolute atomic E-state index is 0.247. The van der Waals surface area contributed by atoms with Crippen LogP contribution < -0.4 is 4.90 Å². The molecular weight excluding hydrogens is 237 g/mol. The Kier molecular flexibility index (Phi) is 3.94. The number of anilines is 1. The van der Waals surface area contributed by atoms with Crippen LogP contribution in [0.15, 0.2) is 18.2 Å². The number of halogens is 1. The van der Waals surface area contributed by atoms with E-state index in [1.807, 2.05) is 23.7 Å². The molecule has 1 saturated heterocycles. The maximum atomic E-state index is 14.0. The predicted octanol–water partition coefficient (Wildman–Crippen LogP) is 2.82. The quantitative estimate of drug-likeness (QED) is 0.898. The van der Waals surface area contributed by atoms with Crippen LogP contribution in [0.5, 0.6) is 0 Å². The van der Waals surface area contributed by atoms with E-state index in [1.165, 1.54) is 6.07 Å². The highest BCUT2D eigenvalue weighted by Gasteiger charge is 2.22. The molecule has 4 heteroatoms. The van der Waals surface area contributed by atoms with Gasteiger partial charge in [-0.05, 0) is 36.8 Å². The van der Waals surface area contributed by atoms with Crippen LogP contribution in [0.1, 0.15) is 25.0 Å². The summed E-state index contributed by atoms with van der Waals surface area (Å²) in [5.74, 6) is 1.97. The Morgan fingerprint density at radius 3 is 2.82 bits per heavy atom. The molecular formula is C13H18FNOS. The van der Waals surface area contributed by atoms with Crippen molar-refractivity contribution in [1.82, 2.24) is 0 Å². The molecule has 1 aliphatic rings. The van der Waals surface area contributed by atoms with Crippen molar-refractivity contribution in [2.24, 2.45) is 0 Å². The van der Waals surface area contributed by atoms with E-state index in [0.29, 0.717) is 17.3 Å². The molecule has 94 valence electrons. The van der Waals surface area contributed by atoms with Crippen molar-refractivity contribution >= 4 is 17.4 Å². The summed E-state index contributed by atoms with van der Waals surface area (Å²) in [4.78, 5) is 2.02. The zero-order valence-corrected chi connectivity index (χ0v) is 11.0.